The molecule has 124 valence electrons. The molecule has 5 heteroatoms. The van der Waals surface area contributed by atoms with E-state index in [1.165, 1.54) is 0 Å². The van der Waals surface area contributed by atoms with E-state index in [9.17, 15) is 5.11 Å². The molecule has 2 aromatic rings. The number of aliphatic hydroxyl groups excluding tert-OH is 1. The highest BCUT2D eigenvalue weighted by atomic mass is 16.3. The highest BCUT2D eigenvalue weighted by Crippen LogP contribution is 2.12. The molecule has 0 spiro atoms. The molecule has 0 bridgehead atoms. The number of nitrogens with zero attached hydrogens (tertiary/aromatic N) is 4. The van der Waals surface area contributed by atoms with Gasteiger partial charge in [-0.2, -0.15) is 5.10 Å². The summed E-state index contributed by atoms with van der Waals surface area (Å²) in [5.41, 5.74) is 2.20. The zero-order valence-corrected chi connectivity index (χ0v) is 13.8. The summed E-state index contributed by atoms with van der Waals surface area (Å²) in [4.78, 5) is 4.84. The van der Waals surface area contributed by atoms with Crippen LogP contribution in [-0.2, 0) is 6.54 Å². The van der Waals surface area contributed by atoms with Crippen LogP contribution in [0.25, 0.3) is 5.69 Å². The quantitative estimate of drug-likeness (QED) is 0.882. The average Bonchev–Trinajstić information content (AvgIpc) is 3.07. The smallest absolute Gasteiger partial charge is 0.0769 e. The predicted octanol–water partition coefficient (Wildman–Crippen LogP) is 1.76. The van der Waals surface area contributed by atoms with Crippen molar-refractivity contribution in [3.8, 4) is 5.69 Å². The first-order valence-electron chi connectivity index (χ1n) is 8.47. The van der Waals surface area contributed by atoms with E-state index >= 15 is 0 Å². The molecule has 0 saturated carbocycles. The third kappa shape index (κ3) is 3.99. The van der Waals surface area contributed by atoms with Crippen LogP contribution >= 0.6 is 0 Å². The molecule has 1 aromatic carbocycles. The summed E-state index contributed by atoms with van der Waals surface area (Å²) < 4.78 is 1.93. The van der Waals surface area contributed by atoms with Crippen molar-refractivity contribution in [2.24, 2.45) is 0 Å². The molecule has 0 radical (unpaired) electrons. The molecular formula is C18H26N4O. The maximum atomic E-state index is 9.42. The SMILES string of the molecule is CCC(CO)N1CCN(Cc2ccn(-c3ccccc3)n2)CC1. The van der Waals surface area contributed by atoms with Crippen LogP contribution in [0.15, 0.2) is 42.6 Å². The maximum Gasteiger partial charge on any atom is 0.0769 e. The maximum absolute atomic E-state index is 9.42. The standard InChI is InChI=1S/C18H26N4O/c1-2-17(15-23)21-12-10-20(11-13-21)14-16-8-9-22(19-16)18-6-4-3-5-7-18/h3-9,17,23H,2,10-15H2,1H3. The monoisotopic (exact) mass is 314 g/mol. The van der Waals surface area contributed by atoms with E-state index < -0.39 is 0 Å². The lowest BCUT2D eigenvalue weighted by Gasteiger charge is -2.38. The number of para-hydroxylation sites is 1. The Morgan fingerprint density at radius 1 is 1.09 bits per heavy atom. The molecule has 1 fully saturated rings. The number of aliphatic hydroxyl groups is 1. The van der Waals surface area contributed by atoms with Crippen molar-refractivity contribution >= 4 is 0 Å². The fourth-order valence-corrected chi connectivity index (χ4v) is 3.19. The van der Waals surface area contributed by atoms with E-state index in [4.69, 9.17) is 0 Å². The van der Waals surface area contributed by atoms with Gasteiger partial charge in [-0.15, -0.1) is 0 Å². The summed E-state index contributed by atoms with van der Waals surface area (Å²) in [7, 11) is 0. The van der Waals surface area contributed by atoms with Gasteiger partial charge in [-0.25, -0.2) is 4.68 Å². The van der Waals surface area contributed by atoms with Crippen molar-refractivity contribution < 1.29 is 5.11 Å². The Kier molecular flexibility index (Phi) is 5.43. The summed E-state index contributed by atoms with van der Waals surface area (Å²) >= 11 is 0. The number of hydrogen-bond acceptors (Lipinski definition) is 4. The van der Waals surface area contributed by atoms with Crippen molar-refractivity contribution in [3.63, 3.8) is 0 Å². The molecule has 1 N–H and O–H groups in total. The van der Waals surface area contributed by atoms with Crippen molar-refractivity contribution in [2.75, 3.05) is 32.8 Å². The second kappa shape index (κ2) is 7.73. The molecule has 5 nitrogen and oxygen atoms in total. The molecular weight excluding hydrogens is 288 g/mol. The first-order valence-corrected chi connectivity index (χ1v) is 8.47. The molecule has 1 saturated heterocycles. The Morgan fingerprint density at radius 3 is 2.48 bits per heavy atom. The lowest BCUT2D eigenvalue weighted by atomic mass is 10.1. The Hall–Kier alpha value is -1.69. The normalized spacial score (nSPS) is 18.2. The Bertz CT molecular complexity index is 586. The molecule has 1 atom stereocenters. The fraction of sp³-hybridized carbons (Fsp3) is 0.500. The van der Waals surface area contributed by atoms with Crippen molar-refractivity contribution in [1.29, 1.82) is 0 Å². The largest absolute Gasteiger partial charge is 0.395 e. The van der Waals surface area contributed by atoms with Crippen LogP contribution < -0.4 is 0 Å². The lowest BCUT2D eigenvalue weighted by Crippen LogP contribution is -2.50. The van der Waals surface area contributed by atoms with E-state index in [-0.39, 0.29) is 6.61 Å². The molecule has 23 heavy (non-hydrogen) atoms. The second-order valence-corrected chi connectivity index (χ2v) is 6.14. The number of aromatic nitrogens is 2. The third-order valence-corrected chi connectivity index (χ3v) is 4.66. The first-order chi connectivity index (χ1) is 11.3. The van der Waals surface area contributed by atoms with E-state index in [0.717, 1.165) is 50.5 Å². The van der Waals surface area contributed by atoms with E-state index in [1.807, 2.05) is 29.1 Å². The summed E-state index contributed by atoms with van der Waals surface area (Å²) in [6, 6.07) is 12.6. The van der Waals surface area contributed by atoms with E-state index in [2.05, 4.69) is 40.0 Å². The van der Waals surface area contributed by atoms with Crippen molar-refractivity contribution in [3.05, 3.63) is 48.3 Å². The number of hydrogen-bond donors (Lipinski definition) is 1. The molecule has 0 amide bonds. The van der Waals surface area contributed by atoms with Crippen LogP contribution in [0.5, 0.6) is 0 Å². The van der Waals surface area contributed by atoms with Gasteiger partial charge < -0.3 is 5.11 Å². The fourth-order valence-electron chi connectivity index (χ4n) is 3.19. The summed E-state index contributed by atoms with van der Waals surface area (Å²) in [5, 5.41) is 14.1. The van der Waals surface area contributed by atoms with Crippen LogP contribution in [-0.4, -0.2) is 63.5 Å². The minimum Gasteiger partial charge on any atom is -0.395 e. The molecule has 2 heterocycles. The summed E-state index contributed by atoms with van der Waals surface area (Å²) in [5.74, 6) is 0. The molecule has 0 aliphatic carbocycles. The minimum absolute atomic E-state index is 0.262. The van der Waals surface area contributed by atoms with Crippen LogP contribution in [0.1, 0.15) is 19.0 Å². The van der Waals surface area contributed by atoms with E-state index in [0.29, 0.717) is 6.04 Å². The van der Waals surface area contributed by atoms with Gasteiger partial charge in [-0.3, -0.25) is 9.80 Å². The van der Waals surface area contributed by atoms with Crippen molar-refractivity contribution in [1.82, 2.24) is 19.6 Å². The predicted molar refractivity (Wildman–Crippen MR) is 91.6 cm³/mol. The van der Waals surface area contributed by atoms with Gasteiger partial charge in [0.15, 0.2) is 0 Å². The zero-order valence-electron chi connectivity index (χ0n) is 13.8. The van der Waals surface area contributed by atoms with Gasteiger partial charge in [0, 0.05) is 45.0 Å². The van der Waals surface area contributed by atoms with Crippen LogP contribution in [0.2, 0.25) is 0 Å². The molecule has 1 aliphatic rings. The zero-order chi connectivity index (χ0) is 16.1. The van der Waals surface area contributed by atoms with Gasteiger partial charge >= 0.3 is 0 Å². The highest BCUT2D eigenvalue weighted by Gasteiger charge is 2.22. The second-order valence-electron chi connectivity index (χ2n) is 6.14. The first kappa shape index (κ1) is 16.2. The molecule has 1 unspecified atom stereocenters. The summed E-state index contributed by atoms with van der Waals surface area (Å²) in [6.45, 7) is 7.42. The molecule has 1 aromatic heterocycles. The van der Waals surface area contributed by atoms with Gasteiger partial charge in [0.1, 0.15) is 0 Å². The van der Waals surface area contributed by atoms with Crippen LogP contribution in [0, 0.1) is 0 Å². The highest BCUT2D eigenvalue weighted by molar-refractivity contribution is 5.30. The van der Waals surface area contributed by atoms with Gasteiger partial charge in [0.25, 0.3) is 0 Å². The summed E-state index contributed by atoms with van der Waals surface area (Å²) in [6.07, 6.45) is 3.04. The van der Waals surface area contributed by atoms with Gasteiger partial charge in [-0.05, 0) is 24.6 Å². The van der Waals surface area contributed by atoms with Crippen LogP contribution in [0.3, 0.4) is 0 Å². The van der Waals surface area contributed by atoms with Gasteiger partial charge in [-0.1, -0.05) is 25.1 Å². The lowest BCUT2D eigenvalue weighted by molar-refractivity contribution is 0.0603. The molecule has 1 aliphatic heterocycles. The van der Waals surface area contributed by atoms with E-state index in [1.54, 1.807) is 0 Å². The molecule has 3 rings (SSSR count). The Labute approximate surface area is 138 Å². The van der Waals surface area contributed by atoms with Gasteiger partial charge in [0.2, 0.25) is 0 Å². The Morgan fingerprint density at radius 2 is 1.83 bits per heavy atom. The number of rotatable bonds is 6. The average molecular weight is 314 g/mol. The number of benzene rings is 1. The van der Waals surface area contributed by atoms with Gasteiger partial charge in [0.05, 0.1) is 18.0 Å². The van der Waals surface area contributed by atoms with Crippen molar-refractivity contribution in [2.45, 2.75) is 25.9 Å². The number of piperazine rings is 1. The topological polar surface area (TPSA) is 44.5 Å². The Balaban J connectivity index is 1.54. The third-order valence-electron chi connectivity index (χ3n) is 4.66. The van der Waals surface area contributed by atoms with Crippen LogP contribution in [0.4, 0.5) is 0 Å². The minimum atomic E-state index is 0.262.